The quantitative estimate of drug-likeness (QED) is 0.344. The van der Waals surface area contributed by atoms with Crippen LogP contribution >= 0.6 is 34.8 Å². The van der Waals surface area contributed by atoms with E-state index in [1.54, 1.807) is 18.3 Å². The molecule has 2 aromatic heterocycles. The normalized spacial score (nSPS) is 24.6. The monoisotopic (exact) mass is 537 g/mol. The van der Waals surface area contributed by atoms with Crippen molar-refractivity contribution in [3.63, 3.8) is 0 Å². The lowest BCUT2D eigenvalue weighted by atomic mass is 9.85. The molecule has 5 rings (SSSR count). The van der Waals surface area contributed by atoms with Crippen molar-refractivity contribution in [2.24, 2.45) is 11.7 Å². The van der Waals surface area contributed by atoms with Crippen LogP contribution in [0.3, 0.4) is 0 Å². The van der Waals surface area contributed by atoms with Gasteiger partial charge in [0.2, 0.25) is 17.8 Å². The number of nitrogens with one attached hydrogen (secondary N) is 2. The maximum absolute atomic E-state index is 11.7. The SMILES string of the molecule is NC(=O)[C@H]1CC[C@@H](n2c(Nc3c(Cl)cc(Cl)cc3Cl)nc3cnc(N[C@@H]4CC[C@@H](O)C4)nc32)CC1. The summed E-state index contributed by atoms with van der Waals surface area (Å²) in [5.74, 6) is 0.622. The van der Waals surface area contributed by atoms with Gasteiger partial charge in [0.25, 0.3) is 0 Å². The van der Waals surface area contributed by atoms with Gasteiger partial charge in [-0.1, -0.05) is 34.8 Å². The van der Waals surface area contributed by atoms with Crippen LogP contribution in [-0.4, -0.2) is 42.7 Å². The van der Waals surface area contributed by atoms with Gasteiger partial charge in [-0.05, 0) is 57.1 Å². The highest BCUT2D eigenvalue weighted by molar-refractivity contribution is 6.41. The summed E-state index contributed by atoms with van der Waals surface area (Å²) in [6.45, 7) is 0. The Labute approximate surface area is 217 Å². The summed E-state index contributed by atoms with van der Waals surface area (Å²) < 4.78 is 2.03. The summed E-state index contributed by atoms with van der Waals surface area (Å²) in [6, 6.07) is 3.38. The summed E-state index contributed by atoms with van der Waals surface area (Å²) in [5, 5.41) is 17.6. The van der Waals surface area contributed by atoms with Gasteiger partial charge in [0.15, 0.2) is 5.65 Å². The maximum Gasteiger partial charge on any atom is 0.224 e. The fourth-order valence-electron chi connectivity index (χ4n) is 5.06. The van der Waals surface area contributed by atoms with E-state index in [2.05, 4.69) is 15.6 Å². The molecule has 0 saturated heterocycles. The minimum absolute atomic E-state index is 0.0407. The van der Waals surface area contributed by atoms with Crippen LogP contribution in [-0.2, 0) is 4.79 Å². The number of hydrogen-bond donors (Lipinski definition) is 4. The van der Waals surface area contributed by atoms with Crippen molar-refractivity contribution in [2.75, 3.05) is 10.6 Å². The number of amides is 1. The summed E-state index contributed by atoms with van der Waals surface area (Å²) in [6.07, 6.45) is 6.55. The molecule has 3 aromatic rings. The van der Waals surface area contributed by atoms with Crippen molar-refractivity contribution in [1.82, 2.24) is 19.5 Å². The van der Waals surface area contributed by atoms with Crippen LogP contribution < -0.4 is 16.4 Å². The summed E-state index contributed by atoms with van der Waals surface area (Å²) >= 11 is 18.9. The molecule has 1 aromatic carbocycles. The van der Waals surface area contributed by atoms with Crippen LogP contribution in [0.15, 0.2) is 18.3 Å². The van der Waals surface area contributed by atoms with Gasteiger partial charge in [0, 0.05) is 23.0 Å². The van der Waals surface area contributed by atoms with Crippen LogP contribution in [0.1, 0.15) is 51.0 Å². The largest absolute Gasteiger partial charge is 0.393 e. The van der Waals surface area contributed by atoms with E-state index in [-0.39, 0.29) is 30.0 Å². The zero-order chi connectivity index (χ0) is 24.7. The van der Waals surface area contributed by atoms with E-state index in [0.29, 0.717) is 63.1 Å². The van der Waals surface area contributed by atoms with E-state index < -0.39 is 0 Å². The third-order valence-corrected chi connectivity index (χ3v) is 7.69. The minimum atomic E-state index is -0.299. The fraction of sp³-hybridized carbons (Fsp3) is 0.478. The molecule has 2 aliphatic rings. The number of aliphatic hydroxyl groups excluding tert-OH is 1. The first kappa shape index (κ1) is 24.4. The highest BCUT2D eigenvalue weighted by Crippen LogP contribution is 2.40. The number of aliphatic hydroxyl groups is 1. The zero-order valence-electron chi connectivity index (χ0n) is 18.8. The summed E-state index contributed by atoms with van der Waals surface area (Å²) in [5.41, 5.74) is 7.31. The molecule has 2 heterocycles. The Morgan fingerprint density at radius 3 is 2.40 bits per heavy atom. The molecule has 2 fully saturated rings. The average Bonchev–Trinajstić information content (AvgIpc) is 3.38. The molecule has 2 aliphatic carbocycles. The number of aromatic nitrogens is 4. The standard InChI is InChI=1S/C23H26Cl3N7O2/c24-12-7-16(25)19(17(26)8-12)31-23-30-18-10-28-22(29-13-3-6-15(34)9-13)32-21(18)33(23)14-4-1-11(2-5-14)20(27)35/h7-8,10-11,13-15,34H,1-6,9H2,(H2,27,35)(H,30,31)(H,28,29,32)/t11-,13-,14+,15-/m1/s1. The van der Waals surface area contributed by atoms with Gasteiger partial charge in [-0.25, -0.2) is 9.97 Å². The average molecular weight is 539 g/mol. The molecule has 0 unspecified atom stereocenters. The molecule has 2 saturated carbocycles. The molecule has 12 heteroatoms. The topological polar surface area (TPSA) is 131 Å². The number of hydrogen-bond acceptors (Lipinski definition) is 7. The number of benzene rings is 1. The molecule has 0 spiro atoms. The number of fused-ring (bicyclic) bond motifs is 1. The number of halogens is 3. The van der Waals surface area contributed by atoms with Gasteiger partial charge in [-0.2, -0.15) is 4.98 Å². The lowest BCUT2D eigenvalue weighted by Gasteiger charge is -2.29. The summed E-state index contributed by atoms with van der Waals surface area (Å²) in [7, 11) is 0. The van der Waals surface area contributed by atoms with Crippen LogP contribution in [0.2, 0.25) is 15.1 Å². The molecule has 1 amide bonds. The lowest BCUT2D eigenvalue weighted by Crippen LogP contribution is -2.29. The van der Waals surface area contributed by atoms with Crippen LogP contribution in [0, 0.1) is 5.92 Å². The molecule has 5 N–H and O–H groups in total. The molecule has 9 nitrogen and oxygen atoms in total. The molecular weight excluding hydrogens is 513 g/mol. The van der Waals surface area contributed by atoms with E-state index in [1.807, 2.05) is 4.57 Å². The van der Waals surface area contributed by atoms with Gasteiger partial charge < -0.3 is 21.5 Å². The second kappa shape index (κ2) is 9.97. The van der Waals surface area contributed by atoms with Gasteiger partial charge in [-0.3, -0.25) is 9.36 Å². The molecule has 0 bridgehead atoms. The van der Waals surface area contributed by atoms with Crippen LogP contribution in [0.4, 0.5) is 17.6 Å². The highest BCUT2D eigenvalue weighted by Gasteiger charge is 2.30. The number of rotatable bonds is 6. The first-order chi connectivity index (χ1) is 16.8. The van der Waals surface area contributed by atoms with Crippen molar-refractivity contribution in [3.05, 3.63) is 33.4 Å². The number of carbonyl (C=O) groups is 1. The Morgan fingerprint density at radius 1 is 1.06 bits per heavy atom. The predicted octanol–water partition coefficient (Wildman–Crippen LogP) is 5.07. The minimum Gasteiger partial charge on any atom is -0.393 e. The first-order valence-electron chi connectivity index (χ1n) is 11.7. The molecule has 0 radical (unpaired) electrons. The van der Waals surface area contributed by atoms with Crippen LogP contribution in [0.25, 0.3) is 11.2 Å². The Bertz CT molecular complexity index is 1240. The molecule has 0 aliphatic heterocycles. The van der Waals surface area contributed by atoms with Gasteiger partial charge in [0.1, 0.15) is 5.52 Å². The molecule has 35 heavy (non-hydrogen) atoms. The Kier molecular flexibility index (Phi) is 6.94. The number of nitrogens with two attached hydrogens (primary N) is 1. The maximum atomic E-state index is 11.7. The van der Waals surface area contributed by atoms with Crippen molar-refractivity contribution < 1.29 is 9.90 Å². The number of carbonyl (C=O) groups excluding carboxylic acids is 1. The first-order valence-corrected chi connectivity index (χ1v) is 12.8. The zero-order valence-corrected chi connectivity index (χ0v) is 21.1. The fourth-order valence-corrected chi connectivity index (χ4v) is 5.97. The van der Waals surface area contributed by atoms with E-state index in [1.165, 1.54) is 0 Å². The smallest absolute Gasteiger partial charge is 0.224 e. The second-order valence-corrected chi connectivity index (χ2v) is 10.5. The third-order valence-electron chi connectivity index (χ3n) is 6.88. The summed E-state index contributed by atoms with van der Waals surface area (Å²) in [4.78, 5) is 25.7. The van der Waals surface area contributed by atoms with Crippen molar-refractivity contribution in [3.8, 4) is 0 Å². The molecule has 186 valence electrons. The van der Waals surface area contributed by atoms with E-state index in [4.69, 9.17) is 50.5 Å². The van der Waals surface area contributed by atoms with Gasteiger partial charge in [-0.15, -0.1) is 0 Å². The van der Waals surface area contributed by atoms with Crippen molar-refractivity contribution in [1.29, 1.82) is 0 Å². The van der Waals surface area contributed by atoms with Crippen LogP contribution in [0.5, 0.6) is 0 Å². The Morgan fingerprint density at radius 2 is 1.77 bits per heavy atom. The van der Waals surface area contributed by atoms with Gasteiger partial charge in [0.05, 0.1) is 28.0 Å². The van der Waals surface area contributed by atoms with Gasteiger partial charge >= 0.3 is 0 Å². The third kappa shape index (κ3) is 5.14. The molecule has 2 atom stereocenters. The Balaban J connectivity index is 1.52. The number of imidazole rings is 1. The highest BCUT2D eigenvalue weighted by atomic mass is 35.5. The van der Waals surface area contributed by atoms with E-state index in [9.17, 15) is 9.90 Å². The predicted molar refractivity (Wildman–Crippen MR) is 138 cm³/mol. The second-order valence-electron chi connectivity index (χ2n) is 9.29. The number of nitrogens with zero attached hydrogens (tertiary/aromatic N) is 4. The Hall–Kier alpha value is -2.33. The molecular formula is C23H26Cl3N7O2. The number of primary amides is 1. The van der Waals surface area contributed by atoms with E-state index in [0.717, 1.165) is 25.7 Å². The van der Waals surface area contributed by atoms with Crippen molar-refractivity contribution >= 4 is 69.5 Å². The lowest BCUT2D eigenvalue weighted by molar-refractivity contribution is -0.122. The van der Waals surface area contributed by atoms with E-state index >= 15 is 0 Å². The van der Waals surface area contributed by atoms with Crippen molar-refractivity contribution in [2.45, 2.75) is 63.1 Å². The number of anilines is 3.